The number of nitro groups is 1. The van der Waals surface area contributed by atoms with Crippen molar-refractivity contribution in [3.8, 4) is 0 Å². The van der Waals surface area contributed by atoms with Gasteiger partial charge in [0.15, 0.2) is 0 Å². The highest BCUT2D eigenvalue weighted by atomic mass is 32.2. The maximum absolute atomic E-state index is 10.9. The highest BCUT2D eigenvalue weighted by molar-refractivity contribution is 7.84. The van der Waals surface area contributed by atoms with Crippen LogP contribution in [0.1, 0.15) is 13.3 Å². The van der Waals surface area contributed by atoms with Crippen molar-refractivity contribution >= 4 is 22.2 Å². The standard InChI is InChI=1S/C11H16N2O3S/c1-9(6-7-17(2)16)12-10-4-3-5-11(8-10)13(14)15/h3-5,8-9,12H,6-7H2,1-2H3. The van der Waals surface area contributed by atoms with Gasteiger partial charge in [0.1, 0.15) is 0 Å². The van der Waals surface area contributed by atoms with E-state index in [2.05, 4.69) is 5.32 Å². The van der Waals surface area contributed by atoms with Gasteiger partial charge in [-0.2, -0.15) is 0 Å². The first kappa shape index (κ1) is 13.6. The maximum Gasteiger partial charge on any atom is 0.271 e. The number of benzene rings is 1. The molecule has 0 bridgehead atoms. The molecule has 2 atom stereocenters. The van der Waals surface area contributed by atoms with Crippen LogP contribution in [-0.4, -0.2) is 27.2 Å². The number of nitrogens with zero attached hydrogens (tertiary/aromatic N) is 1. The Balaban J connectivity index is 2.58. The van der Waals surface area contributed by atoms with Crippen LogP contribution < -0.4 is 5.32 Å². The zero-order valence-corrected chi connectivity index (χ0v) is 10.7. The van der Waals surface area contributed by atoms with Crippen LogP contribution in [-0.2, 0) is 10.8 Å². The van der Waals surface area contributed by atoms with E-state index in [0.717, 1.165) is 6.42 Å². The Morgan fingerprint density at radius 3 is 2.82 bits per heavy atom. The number of anilines is 1. The van der Waals surface area contributed by atoms with Crippen LogP contribution in [0.5, 0.6) is 0 Å². The summed E-state index contributed by atoms with van der Waals surface area (Å²) in [7, 11) is -0.804. The third-order valence-corrected chi connectivity index (χ3v) is 3.12. The first-order valence-electron chi connectivity index (χ1n) is 5.30. The minimum Gasteiger partial charge on any atom is -0.382 e. The first-order valence-corrected chi connectivity index (χ1v) is 7.03. The molecule has 0 saturated heterocycles. The van der Waals surface area contributed by atoms with Crippen LogP contribution in [0.15, 0.2) is 24.3 Å². The molecule has 1 N–H and O–H groups in total. The average Bonchev–Trinajstić information content (AvgIpc) is 2.26. The van der Waals surface area contributed by atoms with E-state index in [-0.39, 0.29) is 11.7 Å². The van der Waals surface area contributed by atoms with E-state index in [4.69, 9.17) is 0 Å². The molecule has 0 aliphatic rings. The molecule has 17 heavy (non-hydrogen) atoms. The number of non-ortho nitro benzene ring substituents is 1. The summed E-state index contributed by atoms with van der Waals surface area (Å²) in [5.74, 6) is 0.628. The average molecular weight is 256 g/mol. The highest BCUT2D eigenvalue weighted by Gasteiger charge is 2.08. The van der Waals surface area contributed by atoms with Crippen molar-refractivity contribution in [1.29, 1.82) is 0 Å². The predicted molar refractivity (Wildman–Crippen MR) is 69.7 cm³/mol. The Morgan fingerprint density at radius 2 is 2.24 bits per heavy atom. The molecule has 0 aliphatic carbocycles. The van der Waals surface area contributed by atoms with Crippen molar-refractivity contribution in [3.05, 3.63) is 34.4 Å². The Hall–Kier alpha value is -1.43. The summed E-state index contributed by atoms with van der Waals surface area (Å²) in [4.78, 5) is 10.2. The van der Waals surface area contributed by atoms with Crippen molar-refractivity contribution in [1.82, 2.24) is 0 Å². The number of nitrogens with one attached hydrogen (secondary N) is 1. The number of hydrogen-bond donors (Lipinski definition) is 1. The molecule has 1 aromatic carbocycles. The van der Waals surface area contributed by atoms with Crippen LogP contribution in [0.2, 0.25) is 0 Å². The van der Waals surface area contributed by atoms with E-state index < -0.39 is 15.7 Å². The van der Waals surface area contributed by atoms with Crippen LogP contribution >= 0.6 is 0 Å². The van der Waals surface area contributed by atoms with Crippen molar-refractivity contribution in [2.24, 2.45) is 0 Å². The van der Waals surface area contributed by atoms with Gasteiger partial charge in [-0.15, -0.1) is 0 Å². The fraction of sp³-hybridized carbons (Fsp3) is 0.455. The van der Waals surface area contributed by atoms with Gasteiger partial charge >= 0.3 is 0 Å². The zero-order chi connectivity index (χ0) is 12.8. The highest BCUT2D eigenvalue weighted by Crippen LogP contribution is 2.18. The fourth-order valence-electron chi connectivity index (χ4n) is 1.41. The molecule has 0 spiro atoms. The van der Waals surface area contributed by atoms with Gasteiger partial charge < -0.3 is 5.32 Å². The summed E-state index contributed by atoms with van der Waals surface area (Å²) >= 11 is 0. The third kappa shape index (κ3) is 4.95. The van der Waals surface area contributed by atoms with Gasteiger partial charge in [-0.3, -0.25) is 14.3 Å². The molecule has 0 radical (unpaired) electrons. The summed E-state index contributed by atoms with van der Waals surface area (Å²) in [5.41, 5.74) is 0.787. The van der Waals surface area contributed by atoms with Gasteiger partial charge in [-0.05, 0) is 19.4 Å². The second-order valence-electron chi connectivity index (χ2n) is 3.92. The second-order valence-corrected chi connectivity index (χ2v) is 5.47. The molecule has 0 fully saturated rings. The van der Waals surface area contributed by atoms with Crippen LogP contribution in [0.25, 0.3) is 0 Å². The minimum atomic E-state index is -0.804. The van der Waals surface area contributed by atoms with Gasteiger partial charge in [0.05, 0.1) is 4.92 Å². The number of nitro benzene ring substituents is 1. The molecule has 0 amide bonds. The second kappa shape index (κ2) is 6.34. The van der Waals surface area contributed by atoms with Gasteiger partial charge in [0.25, 0.3) is 5.69 Å². The summed E-state index contributed by atoms with van der Waals surface area (Å²) in [6, 6.07) is 6.52. The molecular weight excluding hydrogens is 240 g/mol. The molecule has 5 nitrogen and oxygen atoms in total. The van der Waals surface area contributed by atoms with E-state index in [1.165, 1.54) is 12.1 Å². The van der Waals surface area contributed by atoms with Crippen LogP contribution in [0, 0.1) is 10.1 Å². The maximum atomic E-state index is 10.9. The monoisotopic (exact) mass is 256 g/mol. The van der Waals surface area contributed by atoms with E-state index in [0.29, 0.717) is 11.4 Å². The summed E-state index contributed by atoms with van der Waals surface area (Å²) in [6.45, 7) is 1.96. The van der Waals surface area contributed by atoms with Crippen molar-refractivity contribution in [2.75, 3.05) is 17.3 Å². The normalized spacial score (nSPS) is 14.0. The van der Waals surface area contributed by atoms with Gasteiger partial charge in [0, 0.05) is 46.7 Å². The molecule has 0 saturated carbocycles. The van der Waals surface area contributed by atoms with Crippen LogP contribution in [0.3, 0.4) is 0 Å². The molecule has 0 aliphatic heterocycles. The van der Waals surface area contributed by atoms with Gasteiger partial charge in [-0.1, -0.05) is 6.07 Å². The summed E-state index contributed by atoms with van der Waals surface area (Å²) < 4.78 is 10.9. The van der Waals surface area contributed by atoms with E-state index in [9.17, 15) is 14.3 Å². The lowest BCUT2D eigenvalue weighted by Gasteiger charge is -2.14. The third-order valence-electron chi connectivity index (χ3n) is 2.31. The lowest BCUT2D eigenvalue weighted by atomic mass is 10.2. The minimum absolute atomic E-state index is 0.0706. The van der Waals surface area contributed by atoms with E-state index in [1.54, 1.807) is 18.4 Å². The molecule has 0 aromatic heterocycles. The zero-order valence-electron chi connectivity index (χ0n) is 9.88. The van der Waals surface area contributed by atoms with E-state index in [1.807, 2.05) is 6.92 Å². The summed E-state index contributed by atoms with van der Waals surface area (Å²) in [6.07, 6.45) is 2.44. The smallest absolute Gasteiger partial charge is 0.271 e. The Kier molecular flexibility index (Phi) is 5.09. The summed E-state index contributed by atoms with van der Waals surface area (Å²) in [5, 5.41) is 13.7. The Bertz CT molecular complexity index is 423. The predicted octanol–water partition coefficient (Wildman–Crippen LogP) is 2.16. The molecule has 0 heterocycles. The van der Waals surface area contributed by atoms with E-state index >= 15 is 0 Å². The molecular formula is C11H16N2O3S. The topological polar surface area (TPSA) is 72.2 Å². The molecule has 1 rings (SSSR count). The SMILES string of the molecule is CC(CCS(C)=O)Nc1cccc([N+](=O)[O-])c1. The van der Waals surface area contributed by atoms with Crippen molar-refractivity contribution < 1.29 is 9.13 Å². The Labute approximate surface area is 103 Å². The van der Waals surface area contributed by atoms with Gasteiger partial charge in [0.2, 0.25) is 0 Å². The van der Waals surface area contributed by atoms with Gasteiger partial charge in [-0.25, -0.2) is 0 Å². The lowest BCUT2D eigenvalue weighted by Crippen LogP contribution is -2.17. The van der Waals surface area contributed by atoms with Crippen molar-refractivity contribution in [3.63, 3.8) is 0 Å². The molecule has 94 valence electrons. The molecule has 1 aromatic rings. The quantitative estimate of drug-likeness (QED) is 0.625. The largest absolute Gasteiger partial charge is 0.382 e. The first-order chi connectivity index (χ1) is 7.99. The molecule has 6 heteroatoms. The number of rotatable bonds is 6. The van der Waals surface area contributed by atoms with Crippen LogP contribution in [0.4, 0.5) is 11.4 Å². The lowest BCUT2D eigenvalue weighted by molar-refractivity contribution is -0.384. The fourth-order valence-corrected chi connectivity index (χ4v) is 2.09. The molecule has 2 unspecified atom stereocenters. The van der Waals surface area contributed by atoms with Crippen molar-refractivity contribution in [2.45, 2.75) is 19.4 Å². The Morgan fingerprint density at radius 1 is 1.53 bits per heavy atom. The number of hydrogen-bond acceptors (Lipinski definition) is 4.